The van der Waals surface area contributed by atoms with Gasteiger partial charge in [0.15, 0.2) is 0 Å². The molecule has 3 atom stereocenters. The van der Waals surface area contributed by atoms with E-state index in [1.165, 1.54) is 4.90 Å². The number of hydrogen-bond acceptors (Lipinski definition) is 4. The number of urea groups is 1. The molecule has 0 spiro atoms. The zero-order valence-corrected chi connectivity index (χ0v) is 12.4. The summed E-state index contributed by atoms with van der Waals surface area (Å²) in [6, 6.07) is -1.16. The summed E-state index contributed by atoms with van der Waals surface area (Å²) in [5, 5.41) is 18.7. The summed E-state index contributed by atoms with van der Waals surface area (Å²) < 4.78 is 0. The van der Waals surface area contributed by atoms with Gasteiger partial charge in [-0.3, -0.25) is 0 Å². The summed E-state index contributed by atoms with van der Waals surface area (Å²) in [5.74, 6) is -0.247. The Morgan fingerprint density at radius 3 is 2.63 bits per heavy atom. The molecule has 110 valence electrons. The first-order valence-corrected chi connectivity index (χ1v) is 7.74. The zero-order valence-electron chi connectivity index (χ0n) is 11.6. The molecular weight excluding hydrogens is 268 g/mol. The molecule has 1 rings (SSSR count). The predicted octanol–water partition coefficient (Wildman–Crippen LogP) is 0.700. The van der Waals surface area contributed by atoms with Gasteiger partial charge >= 0.3 is 12.0 Å². The highest BCUT2D eigenvalue weighted by Crippen LogP contribution is 2.21. The van der Waals surface area contributed by atoms with E-state index in [0.717, 1.165) is 12.2 Å². The van der Waals surface area contributed by atoms with Gasteiger partial charge in [-0.15, -0.1) is 0 Å². The molecular formula is C12H22N2O4S. The van der Waals surface area contributed by atoms with Crippen LogP contribution in [0.25, 0.3) is 0 Å². The van der Waals surface area contributed by atoms with Crippen molar-refractivity contribution in [2.45, 2.75) is 38.0 Å². The van der Waals surface area contributed by atoms with Gasteiger partial charge in [0.2, 0.25) is 0 Å². The van der Waals surface area contributed by atoms with Gasteiger partial charge in [0.25, 0.3) is 0 Å². The minimum atomic E-state index is -1.06. The fourth-order valence-electron chi connectivity index (χ4n) is 2.31. The summed E-state index contributed by atoms with van der Waals surface area (Å²) in [7, 11) is 1.69. The Hall–Kier alpha value is -0.950. The third kappa shape index (κ3) is 3.76. The van der Waals surface area contributed by atoms with E-state index in [0.29, 0.717) is 0 Å². The van der Waals surface area contributed by atoms with E-state index in [1.54, 1.807) is 23.7 Å². The summed E-state index contributed by atoms with van der Waals surface area (Å²) in [5.41, 5.74) is 0. The highest BCUT2D eigenvalue weighted by molar-refractivity contribution is 7.98. The molecule has 0 saturated carbocycles. The number of carboxylic acids is 1. The van der Waals surface area contributed by atoms with Gasteiger partial charge in [-0.1, -0.05) is 6.92 Å². The van der Waals surface area contributed by atoms with Crippen LogP contribution < -0.4 is 0 Å². The Labute approximate surface area is 117 Å². The second-order valence-corrected chi connectivity index (χ2v) is 5.72. The largest absolute Gasteiger partial charge is 0.480 e. The van der Waals surface area contributed by atoms with Crippen LogP contribution in [-0.4, -0.2) is 75.8 Å². The van der Waals surface area contributed by atoms with Crippen LogP contribution in [0.1, 0.15) is 19.8 Å². The van der Waals surface area contributed by atoms with Crippen molar-refractivity contribution >= 4 is 23.8 Å². The first kappa shape index (κ1) is 16.1. The average molecular weight is 290 g/mol. The number of rotatable bonds is 5. The monoisotopic (exact) mass is 290 g/mol. The van der Waals surface area contributed by atoms with Crippen molar-refractivity contribution in [3.05, 3.63) is 0 Å². The molecule has 2 amide bonds. The van der Waals surface area contributed by atoms with Crippen molar-refractivity contribution in [2.75, 3.05) is 25.6 Å². The van der Waals surface area contributed by atoms with Crippen LogP contribution in [-0.2, 0) is 4.79 Å². The van der Waals surface area contributed by atoms with Crippen molar-refractivity contribution in [3.8, 4) is 0 Å². The fraction of sp³-hybridized carbons (Fsp3) is 0.833. The summed E-state index contributed by atoms with van der Waals surface area (Å²) in [4.78, 5) is 26.3. The molecule has 0 aromatic carbocycles. The number of β-amino-alcohol motifs (C(OH)–C–C–N with tert-alkyl or cyclic N) is 1. The van der Waals surface area contributed by atoms with E-state index >= 15 is 0 Å². The third-order valence-corrected chi connectivity index (χ3v) is 4.21. The molecule has 2 N–H and O–H groups in total. The third-order valence-electron chi connectivity index (χ3n) is 3.49. The van der Waals surface area contributed by atoms with Crippen LogP contribution in [0, 0.1) is 0 Å². The van der Waals surface area contributed by atoms with Crippen molar-refractivity contribution in [3.63, 3.8) is 0 Å². The highest BCUT2D eigenvalue weighted by Gasteiger charge is 2.40. The van der Waals surface area contributed by atoms with Crippen LogP contribution in [0.15, 0.2) is 0 Å². The summed E-state index contributed by atoms with van der Waals surface area (Å²) in [6.07, 6.45) is 2.14. The zero-order chi connectivity index (χ0) is 14.6. The molecule has 7 heteroatoms. The number of hydrogen-bond donors (Lipinski definition) is 2. The molecule has 6 nitrogen and oxygen atoms in total. The maximum Gasteiger partial charge on any atom is 0.326 e. The Kier molecular flexibility index (Phi) is 5.93. The van der Waals surface area contributed by atoms with Gasteiger partial charge in [0.1, 0.15) is 6.04 Å². The van der Waals surface area contributed by atoms with Gasteiger partial charge in [0.05, 0.1) is 6.10 Å². The molecule has 0 aliphatic carbocycles. The van der Waals surface area contributed by atoms with Crippen molar-refractivity contribution in [2.24, 2.45) is 0 Å². The lowest BCUT2D eigenvalue weighted by atomic mass is 10.2. The summed E-state index contributed by atoms with van der Waals surface area (Å²) >= 11 is 1.65. The van der Waals surface area contributed by atoms with Crippen LogP contribution in [0.3, 0.4) is 0 Å². The van der Waals surface area contributed by atoms with Gasteiger partial charge in [-0.2, -0.15) is 11.8 Å². The average Bonchev–Trinajstić information content (AvgIpc) is 2.76. The maximum absolute atomic E-state index is 12.3. The van der Waals surface area contributed by atoms with Gasteiger partial charge in [-0.25, -0.2) is 9.59 Å². The number of thioether (sulfide) groups is 1. The number of aliphatic hydroxyl groups is 1. The smallest absolute Gasteiger partial charge is 0.326 e. The van der Waals surface area contributed by atoms with Crippen molar-refractivity contribution in [1.29, 1.82) is 0 Å². The van der Waals surface area contributed by atoms with Crippen LogP contribution in [0.2, 0.25) is 0 Å². The Bertz CT molecular complexity index is 340. The number of likely N-dealkylation sites (tertiary alicyclic amines) is 1. The van der Waals surface area contributed by atoms with E-state index in [-0.39, 0.29) is 25.0 Å². The van der Waals surface area contributed by atoms with Gasteiger partial charge in [-0.05, 0) is 12.7 Å². The predicted molar refractivity (Wildman–Crippen MR) is 74.4 cm³/mol. The maximum atomic E-state index is 12.3. The lowest BCUT2D eigenvalue weighted by molar-refractivity contribution is -0.141. The van der Waals surface area contributed by atoms with E-state index in [1.807, 2.05) is 13.2 Å². The SMILES string of the molecule is CCC(CSC)N(C)C(=O)N1C[C@H](O)C[C@H]1C(=O)O. The quantitative estimate of drug-likeness (QED) is 0.779. The minimum Gasteiger partial charge on any atom is -0.480 e. The van der Waals surface area contributed by atoms with Crippen molar-refractivity contribution in [1.82, 2.24) is 9.80 Å². The first-order chi connectivity index (χ1) is 8.92. The first-order valence-electron chi connectivity index (χ1n) is 6.35. The number of carbonyl (C=O) groups is 2. The highest BCUT2D eigenvalue weighted by atomic mass is 32.2. The molecule has 0 bridgehead atoms. The number of aliphatic hydroxyl groups excluding tert-OH is 1. The molecule has 1 aliphatic heterocycles. The van der Waals surface area contributed by atoms with E-state index in [4.69, 9.17) is 5.11 Å². The molecule has 1 fully saturated rings. The number of aliphatic carboxylic acids is 1. The molecule has 1 heterocycles. The number of amides is 2. The fourth-order valence-corrected chi connectivity index (χ4v) is 3.16. The summed E-state index contributed by atoms with van der Waals surface area (Å²) in [6.45, 7) is 2.09. The lowest BCUT2D eigenvalue weighted by Crippen LogP contribution is -2.50. The number of nitrogens with zero attached hydrogens (tertiary/aromatic N) is 2. The van der Waals surface area contributed by atoms with Gasteiger partial charge in [0, 0.05) is 31.8 Å². The van der Waals surface area contributed by atoms with E-state index in [9.17, 15) is 14.7 Å². The Morgan fingerprint density at radius 1 is 1.53 bits per heavy atom. The number of carboxylic acid groups (broad SMARTS) is 1. The van der Waals surface area contributed by atoms with Crippen molar-refractivity contribution < 1.29 is 19.8 Å². The molecule has 19 heavy (non-hydrogen) atoms. The van der Waals surface area contributed by atoms with Crippen LogP contribution in [0.5, 0.6) is 0 Å². The second-order valence-electron chi connectivity index (χ2n) is 4.81. The Morgan fingerprint density at radius 2 is 2.16 bits per heavy atom. The van der Waals surface area contributed by atoms with Crippen LogP contribution >= 0.6 is 11.8 Å². The molecule has 1 unspecified atom stereocenters. The topological polar surface area (TPSA) is 81.1 Å². The number of carbonyl (C=O) groups excluding carboxylic acids is 1. The molecule has 1 saturated heterocycles. The van der Waals surface area contributed by atoms with Crippen LogP contribution in [0.4, 0.5) is 4.79 Å². The second kappa shape index (κ2) is 7.00. The minimum absolute atomic E-state index is 0.0784. The normalized spacial score (nSPS) is 24.3. The lowest BCUT2D eigenvalue weighted by Gasteiger charge is -2.32. The van der Waals surface area contributed by atoms with E-state index in [2.05, 4.69) is 0 Å². The Balaban J connectivity index is 2.77. The molecule has 1 aliphatic rings. The van der Waals surface area contributed by atoms with E-state index < -0.39 is 18.1 Å². The molecule has 0 aromatic heterocycles. The molecule has 0 aromatic rings. The van der Waals surface area contributed by atoms with Gasteiger partial charge < -0.3 is 20.0 Å². The standard InChI is InChI=1S/C12H22N2O4S/c1-4-8(7-19-3)13(2)12(18)14-6-9(15)5-10(14)11(16)17/h8-10,15H,4-7H2,1-3H3,(H,16,17)/t8?,9-,10+/m1/s1. The molecule has 0 radical (unpaired) electrons.